The molecule has 3 heterocycles. The van der Waals surface area contributed by atoms with Crippen LogP contribution < -0.4 is 21.3 Å². The monoisotopic (exact) mass is 581 g/mol. The van der Waals surface area contributed by atoms with Crippen LogP contribution in [0.2, 0.25) is 5.02 Å². The first kappa shape index (κ1) is 27.5. The molecule has 2 aliphatic heterocycles. The number of hydrogen-bond donors (Lipinski definition) is 4. The first-order chi connectivity index (χ1) is 20.5. The number of halogens is 1. The van der Waals surface area contributed by atoms with Gasteiger partial charge in [0, 0.05) is 42.3 Å². The predicted molar refractivity (Wildman–Crippen MR) is 167 cm³/mol. The zero-order valence-corrected chi connectivity index (χ0v) is 23.8. The highest BCUT2D eigenvalue weighted by molar-refractivity contribution is 6.32. The number of anilines is 6. The molecule has 4 N–H and O–H groups in total. The molecular weight excluding hydrogens is 550 g/mol. The fourth-order valence-electron chi connectivity index (χ4n) is 5.47. The van der Waals surface area contributed by atoms with Gasteiger partial charge in [-0.15, -0.1) is 0 Å². The van der Waals surface area contributed by atoms with Gasteiger partial charge in [-0.25, -0.2) is 9.78 Å². The fraction of sp³-hybridized carbons (Fsp3) is 0.250. The largest absolute Gasteiger partial charge is 0.339 e. The van der Waals surface area contributed by atoms with E-state index in [0.29, 0.717) is 36.3 Å². The van der Waals surface area contributed by atoms with Crippen LogP contribution in [0.25, 0.3) is 0 Å². The predicted octanol–water partition coefficient (Wildman–Crippen LogP) is 6.99. The quantitative estimate of drug-likeness (QED) is 0.207. The molecule has 1 atom stereocenters. The molecule has 4 aromatic rings. The summed E-state index contributed by atoms with van der Waals surface area (Å²) in [5.41, 5.74) is 5.40. The fourth-order valence-corrected chi connectivity index (χ4v) is 5.61. The molecule has 214 valence electrons. The van der Waals surface area contributed by atoms with E-state index in [4.69, 9.17) is 11.6 Å². The van der Waals surface area contributed by atoms with E-state index in [-0.39, 0.29) is 17.9 Å². The van der Waals surface area contributed by atoms with Gasteiger partial charge >= 0.3 is 6.03 Å². The molecule has 0 spiro atoms. The molecule has 6 bridgehead atoms. The lowest BCUT2D eigenvalue weighted by Crippen LogP contribution is -2.43. The van der Waals surface area contributed by atoms with Gasteiger partial charge in [-0.2, -0.15) is 4.98 Å². The van der Waals surface area contributed by atoms with Crippen LogP contribution >= 0.6 is 11.6 Å². The van der Waals surface area contributed by atoms with E-state index in [1.165, 1.54) is 0 Å². The summed E-state index contributed by atoms with van der Waals surface area (Å²) >= 11 is 6.40. The minimum absolute atomic E-state index is 0.0557. The van der Waals surface area contributed by atoms with Crippen molar-refractivity contribution in [2.24, 2.45) is 5.92 Å². The third kappa shape index (κ3) is 6.80. The smallest absolute Gasteiger partial charge is 0.321 e. The van der Waals surface area contributed by atoms with Gasteiger partial charge in [0.2, 0.25) is 11.9 Å². The minimum Gasteiger partial charge on any atom is -0.339 e. The maximum atomic E-state index is 13.3. The van der Waals surface area contributed by atoms with Crippen LogP contribution in [0.15, 0.2) is 79.0 Å². The molecule has 1 aromatic heterocycles. The van der Waals surface area contributed by atoms with E-state index in [2.05, 4.69) is 43.4 Å². The number of amides is 3. The van der Waals surface area contributed by atoms with Crippen molar-refractivity contribution in [1.82, 2.24) is 14.9 Å². The number of carbonyl (C=O) groups is 2. The number of urea groups is 1. The molecule has 3 aromatic carbocycles. The Kier molecular flexibility index (Phi) is 8.18. The average Bonchev–Trinajstić information content (AvgIpc) is 3.00. The number of piperidine rings is 1. The minimum atomic E-state index is -0.129. The van der Waals surface area contributed by atoms with Crippen LogP contribution in [-0.4, -0.2) is 39.9 Å². The van der Waals surface area contributed by atoms with Gasteiger partial charge in [-0.3, -0.25) is 4.79 Å². The first-order valence-electron chi connectivity index (χ1n) is 14.2. The lowest BCUT2D eigenvalue weighted by atomic mass is 9.94. The Morgan fingerprint density at radius 2 is 1.81 bits per heavy atom. The van der Waals surface area contributed by atoms with E-state index in [1.807, 2.05) is 60.7 Å². The normalized spacial score (nSPS) is 16.0. The molecule has 10 heteroatoms. The van der Waals surface area contributed by atoms with Crippen LogP contribution in [0.4, 0.5) is 39.3 Å². The number of nitrogens with zero attached hydrogens (tertiary/aromatic N) is 3. The Morgan fingerprint density at radius 1 is 0.952 bits per heavy atom. The van der Waals surface area contributed by atoms with Crippen molar-refractivity contribution in [3.8, 4) is 0 Å². The summed E-state index contributed by atoms with van der Waals surface area (Å²) in [6.07, 6.45) is 5.20. The summed E-state index contributed by atoms with van der Waals surface area (Å²) in [6.45, 7) is 1.23. The van der Waals surface area contributed by atoms with Gasteiger partial charge in [0.1, 0.15) is 5.02 Å². The van der Waals surface area contributed by atoms with Crippen LogP contribution in [-0.2, 0) is 17.6 Å². The van der Waals surface area contributed by atoms with Gasteiger partial charge in [0.05, 0.1) is 6.20 Å². The van der Waals surface area contributed by atoms with E-state index >= 15 is 0 Å². The molecule has 42 heavy (non-hydrogen) atoms. The Hall–Kier alpha value is -4.63. The molecule has 0 aliphatic carbocycles. The van der Waals surface area contributed by atoms with E-state index in [1.54, 1.807) is 11.1 Å². The molecule has 2 aliphatic rings. The number of nitrogens with one attached hydrogen (secondary N) is 4. The number of aromatic nitrogens is 2. The van der Waals surface area contributed by atoms with Gasteiger partial charge in [-0.05, 0) is 85.2 Å². The summed E-state index contributed by atoms with van der Waals surface area (Å²) in [5, 5.41) is 13.1. The SMILES string of the molecule is O=C(C[C@@H]1CCCN(C(=O)Nc2ccccc2)C1)Nc1ccc2cc1CCc1cccc(c1)Nc1ncc(Cl)c(n1)N2. The van der Waals surface area contributed by atoms with Crippen molar-refractivity contribution in [3.05, 3.63) is 95.1 Å². The second-order valence-corrected chi connectivity index (χ2v) is 11.1. The maximum Gasteiger partial charge on any atom is 0.321 e. The molecule has 0 saturated carbocycles. The van der Waals surface area contributed by atoms with Gasteiger partial charge < -0.3 is 26.2 Å². The highest BCUT2D eigenvalue weighted by Gasteiger charge is 2.26. The second kappa shape index (κ2) is 12.5. The third-order valence-electron chi connectivity index (χ3n) is 7.56. The van der Waals surface area contributed by atoms with Crippen molar-refractivity contribution in [2.45, 2.75) is 32.1 Å². The van der Waals surface area contributed by atoms with Crippen LogP contribution in [0.1, 0.15) is 30.4 Å². The number of benzene rings is 3. The lowest BCUT2D eigenvalue weighted by Gasteiger charge is -2.32. The number of carbonyl (C=O) groups excluding carboxylic acids is 2. The van der Waals surface area contributed by atoms with Crippen LogP contribution in [0.3, 0.4) is 0 Å². The number of para-hydroxylation sites is 1. The van der Waals surface area contributed by atoms with Crippen molar-refractivity contribution >= 4 is 58.1 Å². The average molecular weight is 582 g/mol. The molecular formula is C32H32ClN7O2. The van der Waals surface area contributed by atoms with E-state index < -0.39 is 0 Å². The number of rotatable bonds is 4. The third-order valence-corrected chi connectivity index (χ3v) is 7.83. The topological polar surface area (TPSA) is 111 Å². The lowest BCUT2D eigenvalue weighted by molar-refractivity contribution is -0.117. The van der Waals surface area contributed by atoms with Gasteiger partial charge in [-0.1, -0.05) is 41.9 Å². The molecule has 6 rings (SSSR count). The Balaban J connectivity index is 1.16. The highest BCUT2D eigenvalue weighted by Crippen LogP contribution is 2.30. The first-order valence-corrected chi connectivity index (χ1v) is 14.6. The summed E-state index contributed by atoms with van der Waals surface area (Å²) in [6, 6.07) is 23.3. The highest BCUT2D eigenvalue weighted by atomic mass is 35.5. The standard InChI is InChI=1S/C32H32ClN7O2/c33-27-19-34-31-36-25-10-4-6-21(16-25)11-12-23-18-26(35-30(27)39-31)13-14-28(23)38-29(41)17-22-7-5-15-40(20-22)32(42)37-24-8-2-1-3-9-24/h1-4,6,8-10,13-14,16,18-19,22H,5,7,11-12,15,17,20H2,(H,37,42)(H,38,41)(H2,34,35,36,39)/t22-/m0/s1. The molecule has 1 saturated heterocycles. The summed E-state index contributed by atoms with van der Waals surface area (Å²) < 4.78 is 0. The van der Waals surface area contributed by atoms with Crippen LogP contribution in [0.5, 0.6) is 0 Å². The van der Waals surface area contributed by atoms with Crippen molar-refractivity contribution in [2.75, 3.05) is 34.4 Å². The van der Waals surface area contributed by atoms with E-state index in [0.717, 1.165) is 59.6 Å². The number of likely N-dealkylation sites (tertiary alicyclic amines) is 1. The summed E-state index contributed by atoms with van der Waals surface area (Å²) in [7, 11) is 0. The Labute approximate surface area is 249 Å². The number of fused-ring (bicyclic) bond motifs is 6. The summed E-state index contributed by atoms with van der Waals surface area (Å²) in [4.78, 5) is 36.7. The number of aryl methyl sites for hydroxylation is 2. The maximum absolute atomic E-state index is 13.3. The molecule has 0 radical (unpaired) electrons. The Bertz CT molecular complexity index is 1600. The van der Waals surface area contributed by atoms with Crippen LogP contribution in [0, 0.1) is 5.92 Å². The van der Waals surface area contributed by atoms with Crippen molar-refractivity contribution in [3.63, 3.8) is 0 Å². The van der Waals surface area contributed by atoms with E-state index in [9.17, 15) is 9.59 Å². The molecule has 1 fully saturated rings. The van der Waals surface area contributed by atoms with Crippen molar-refractivity contribution in [1.29, 1.82) is 0 Å². The molecule has 9 nitrogen and oxygen atoms in total. The zero-order chi connectivity index (χ0) is 28.9. The summed E-state index contributed by atoms with van der Waals surface area (Å²) in [5.74, 6) is 0.974. The van der Waals surface area contributed by atoms with Gasteiger partial charge in [0.15, 0.2) is 5.82 Å². The second-order valence-electron chi connectivity index (χ2n) is 10.7. The zero-order valence-electron chi connectivity index (χ0n) is 23.1. The number of hydrogen-bond acceptors (Lipinski definition) is 6. The molecule has 0 unspecified atom stereocenters. The van der Waals surface area contributed by atoms with Gasteiger partial charge in [0.25, 0.3) is 0 Å². The molecule has 3 amide bonds. The Morgan fingerprint density at radius 3 is 2.69 bits per heavy atom. The van der Waals surface area contributed by atoms with Crippen molar-refractivity contribution < 1.29 is 9.59 Å².